The van der Waals surface area contributed by atoms with Crippen LogP contribution in [0.3, 0.4) is 0 Å². The number of hydrogen-bond acceptors (Lipinski definition) is 3. The fourth-order valence-corrected chi connectivity index (χ4v) is 1.05. The molecule has 0 radical (unpaired) electrons. The number of halogens is 3. The molecule has 92 valence electrons. The molecule has 1 aromatic rings. The Kier molecular flexibility index (Phi) is 4.08. The monoisotopic (exact) mass is 247 g/mol. The van der Waals surface area contributed by atoms with Gasteiger partial charge in [-0.2, -0.15) is 13.2 Å². The topological polar surface area (TPSA) is 52.4 Å². The molecule has 0 atom stereocenters. The van der Waals surface area contributed by atoms with Crippen molar-refractivity contribution in [1.82, 2.24) is 0 Å². The highest BCUT2D eigenvalue weighted by Gasteiger charge is 2.28. The van der Waals surface area contributed by atoms with Crippen LogP contribution in [0.1, 0.15) is 5.56 Å². The lowest BCUT2D eigenvalue weighted by molar-refractivity contribution is -0.400. The third-order valence-electron chi connectivity index (χ3n) is 1.69. The van der Waals surface area contributed by atoms with Crippen LogP contribution in [0, 0.1) is 10.1 Å². The van der Waals surface area contributed by atoms with Crippen LogP contribution in [-0.2, 0) is 0 Å². The molecule has 4 nitrogen and oxygen atoms in total. The van der Waals surface area contributed by atoms with Gasteiger partial charge in [-0.3, -0.25) is 10.1 Å². The molecule has 0 aliphatic rings. The molecule has 0 amide bonds. The smallest absolute Gasteiger partial charge is 0.422 e. The molecule has 0 saturated carbocycles. The van der Waals surface area contributed by atoms with Crippen molar-refractivity contribution in [1.29, 1.82) is 0 Å². The highest BCUT2D eigenvalue weighted by molar-refractivity contribution is 5.56. The number of nitrogens with zero attached hydrogens (tertiary/aromatic N) is 1. The third-order valence-corrected chi connectivity index (χ3v) is 1.69. The van der Waals surface area contributed by atoms with E-state index in [1.54, 1.807) is 6.07 Å². The fourth-order valence-electron chi connectivity index (χ4n) is 1.05. The van der Waals surface area contributed by atoms with E-state index in [0.717, 1.165) is 6.08 Å². The molecular weight excluding hydrogens is 239 g/mol. The first-order chi connectivity index (χ1) is 7.88. The second-order valence-corrected chi connectivity index (χ2v) is 3.04. The minimum absolute atomic E-state index is 0.0528. The maximum absolute atomic E-state index is 11.9. The largest absolute Gasteiger partial charge is 0.483 e. The van der Waals surface area contributed by atoms with E-state index < -0.39 is 17.7 Å². The minimum atomic E-state index is -4.44. The van der Waals surface area contributed by atoms with Crippen LogP contribution in [-0.4, -0.2) is 17.7 Å². The van der Waals surface area contributed by atoms with Crippen LogP contribution in [0.5, 0.6) is 5.75 Å². The van der Waals surface area contributed by atoms with Gasteiger partial charge in [0.05, 0.1) is 4.92 Å². The predicted octanol–water partition coefficient (Wildman–Crippen LogP) is 2.88. The second kappa shape index (κ2) is 5.33. The van der Waals surface area contributed by atoms with Crippen molar-refractivity contribution in [2.45, 2.75) is 6.18 Å². The molecule has 0 saturated heterocycles. The molecule has 7 heteroatoms. The molecular formula is C10H8F3NO3. The van der Waals surface area contributed by atoms with E-state index >= 15 is 0 Å². The SMILES string of the molecule is O=[N+]([O-])C=Cc1ccccc1OCC(F)(F)F. The van der Waals surface area contributed by atoms with Gasteiger partial charge in [-0.05, 0) is 6.07 Å². The molecule has 0 spiro atoms. The Morgan fingerprint density at radius 1 is 1.35 bits per heavy atom. The summed E-state index contributed by atoms with van der Waals surface area (Å²) in [5.74, 6) is -0.0528. The maximum atomic E-state index is 11.9. The first-order valence-corrected chi connectivity index (χ1v) is 4.49. The quantitative estimate of drug-likeness (QED) is 0.607. The van der Waals surface area contributed by atoms with Crippen molar-refractivity contribution >= 4 is 6.08 Å². The Balaban J connectivity index is 2.81. The Morgan fingerprint density at radius 2 is 2.00 bits per heavy atom. The Morgan fingerprint density at radius 3 is 2.59 bits per heavy atom. The summed E-state index contributed by atoms with van der Waals surface area (Å²) in [6.45, 7) is -1.43. The van der Waals surface area contributed by atoms with Gasteiger partial charge in [-0.25, -0.2) is 0 Å². The summed E-state index contributed by atoms with van der Waals surface area (Å²) in [5, 5.41) is 10.1. The zero-order valence-corrected chi connectivity index (χ0v) is 8.48. The van der Waals surface area contributed by atoms with Gasteiger partial charge in [0.15, 0.2) is 6.61 Å². The fraction of sp³-hybridized carbons (Fsp3) is 0.200. The lowest BCUT2D eigenvalue weighted by Gasteiger charge is -2.10. The molecule has 0 aliphatic heterocycles. The molecule has 0 unspecified atom stereocenters. The van der Waals surface area contributed by atoms with Crippen molar-refractivity contribution in [3.8, 4) is 5.75 Å². The molecule has 0 aliphatic carbocycles. The normalized spacial score (nSPS) is 11.7. The van der Waals surface area contributed by atoms with Crippen molar-refractivity contribution in [3.05, 3.63) is 46.1 Å². The molecule has 0 N–H and O–H groups in total. The van der Waals surface area contributed by atoms with Gasteiger partial charge >= 0.3 is 6.18 Å². The van der Waals surface area contributed by atoms with E-state index in [4.69, 9.17) is 0 Å². The van der Waals surface area contributed by atoms with Crippen molar-refractivity contribution < 1.29 is 22.8 Å². The van der Waals surface area contributed by atoms with E-state index in [-0.39, 0.29) is 11.3 Å². The Labute approximate surface area is 94.5 Å². The number of benzene rings is 1. The number of nitro groups is 1. The first-order valence-electron chi connectivity index (χ1n) is 4.49. The van der Waals surface area contributed by atoms with Crippen LogP contribution in [0.25, 0.3) is 6.08 Å². The zero-order valence-electron chi connectivity index (χ0n) is 8.48. The molecule has 0 bridgehead atoms. The maximum Gasteiger partial charge on any atom is 0.422 e. The summed E-state index contributed by atoms with van der Waals surface area (Å²) in [4.78, 5) is 9.39. The molecule has 1 aromatic carbocycles. The summed E-state index contributed by atoms with van der Waals surface area (Å²) < 4.78 is 40.3. The number of hydrogen-bond donors (Lipinski definition) is 0. The van der Waals surface area contributed by atoms with Crippen LogP contribution in [0.15, 0.2) is 30.5 Å². The summed E-state index contributed by atoms with van der Waals surface area (Å²) >= 11 is 0. The van der Waals surface area contributed by atoms with Gasteiger partial charge in [0.2, 0.25) is 6.20 Å². The average molecular weight is 247 g/mol. The van der Waals surface area contributed by atoms with Gasteiger partial charge in [0, 0.05) is 11.6 Å². The Hall–Kier alpha value is -2.05. The molecule has 17 heavy (non-hydrogen) atoms. The Bertz CT molecular complexity index is 429. The second-order valence-electron chi connectivity index (χ2n) is 3.04. The first kappa shape index (κ1) is 13.0. The summed E-state index contributed by atoms with van der Waals surface area (Å²) in [7, 11) is 0. The molecule has 1 rings (SSSR count). The number of para-hydroxylation sites is 1. The average Bonchev–Trinajstić information content (AvgIpc) is 2.23. The number of ether oxygens (including phenoxy) is 1. The number of alkyl halides is 3. The van der Waals surface area contributed by atoms with Gasteiger partial charge < -0.3 is 4.74 Å². The lowest BCUT2D eigenvalue weighted by atomic mass is 10.2. The third kappa shape index (κ3) is 5.01. The van der Waals surface area contributed by atoms with E-state index in [0.29, 0.717) is 6.20 Å². The van der Waals surface area contributed by atoms with E-state index in [1.165, 1.54) is 18.2 Å². The highest BCUT2D eigenvalue weighted by atomic mass is 19.4. The van der Waals surface area contributed by atoms with E-state index in [9.17, 15) is 23.3 Å². The summed E-state index contributed by atoms with van der Waals surface area (Å²) in [6.07, 6.45) is -2.73. The van der Waals surface area contributed by atoms with E-state index in [2.05, 4.69) is 4.74 Å². The van der Waals surface area contributed by atoms with Crippen LogP contribution < -0.4 is 4.74 Å². The van der Waals surface area contributed by atoms with Gasteiger partial charge in [0.1, 0.15) is 5.75 Å². The summed E-state index contributed by atoms with van der Waals surface area (Å²) in [6, 6.07) is 5.76. The van der Waals surface area contributed by atoms with Crippen LogP contribution in [0.4, 0.5) is 13.2 Å². The zero-order chi connectivity index (χ0) is 12.9. The predicted molar refractivity (Wildman–Crippen MR) is 54.0 cm³/mol. The van der Waals surface area contributed by atoms with Crippen molar-refractivity contribution in [2.24, 2.45) is 0 Å². The molecule has 0 aromatic heterocycles. The van der Waals surface area contributed by atoms with Gasteiger partial charge in [-0.15, -0.1) is 0 Å². The standard InChI is InChI=1S/C10H8F3NO3/c11-10(12,13)7-17-9-4-2-1-3-8(9)5-6-14(15)16/h1-6H,7H2. The van der Waals surface area contributed by atoms with Crippen molar-refractivity contribution in [2.75, 3.05) is 6.61 Å². The van der Waals surface area contributed by atoms with Crippen molar-refractivity contribution in [3.63, 3.8) is 0 Å². The van der Waals surface area contributed by atoms with E-state index in [1.807, 2.05) is 0 Å². The van der Waals surface area contributed by atoms with Crippen LogP contribution in [0.2, 0.25) is 0 Å². The minimum Gasteiger partial charge on any atom is -0.483 e. The van der Waals surface area contributed by atoms with Crippen LogP contribution >= 0.6 is 0 Å². The molecule has 0 heterocycles. The van der Waals surface area contributed by atoms with Gasteiger partial charge in [-0.1, -0.05) is 18.2 Å². The highest BCUT2D eigenvalue weighted by Crippen LogP contribution is 2.22. The number of rotatable bonds is 4. The molecule has 0 fully saturated rings. The summed E-state index contributed by atoms with van der Waals surface area (Å²) in [5.41, 5.74) is 0.216. The lowest BCUT2D eigenvalue weighted by Crippen LogP contribution is -2.19. The van der Waals surface area contributed by atoms with Gasteiger partial charge in [0.25, 0.3) is 0 Å².